The predicted octanol–water partition coefficient (Wildman–Crippen LogP) is 1.76. The molecule has 2 heterocycles. The average Bonchev–Trinajstić information content (AvgIpc) is 2.71. The lowest BCUT2D eigenvalue weighted by Crippen LogP contribution is -2.48. The van der Waals surface area contributed by atoms with Crippen LogP contribution in [0.25, 0.3) is 0 Å². The van der Waals surface area contributed by atoms with Gasteiger partial charge in [-0.1, -0.05) is 0 Å². The number of piperidine rings is 1. The summed E-state index contributed by atoms with van der Waals surface area (Å²) >= 11 is 0. The van der Waals surface area contributed by atoms with Crippen molar-refractivity contribution in [2.45, 2.75) is 57.3 Å². The number of nitrogens with one attached hydrogen (secondary N) is 1. The van der Waals surface area contributed by atoms with Gasteiger partial charge >= 0.3 is 6.09 Å². The fourth-order valence-corrected chi connectivity index (χ4v) is 2.80. The quantitative estimate of drug-likeness (QED) is 0.789. The first kappa shape index (κ1) is 14.6. The molecular formula is C14H26N2O3. The van der Waals surface area contributed by atoms with Crippen molar-refractivity contribution < 1.29 is 14.3 Å². The van der Waals surface area contributed by atoms with Gasteiger partial charge in [0, 0.05) is 19.1 Å². The van der Waals surface area contributed by atoms with Crippen molar-refractivity contribution in [2.24, 2.45) is 0 Å². The molecular weight excluding hydrogens is 244 g/mol. The largest absolute Gasteiger partial charge is 0.444 e. The molecule has 0 radical (unpaired) electrons. The molecule has 2 fully saturated rings. The second-order valence-electron chi connectivity index (χ2n) is 6.65. The summed E-state index contributed by atoms with van der Waals surface area (Å²) in [7, 11) is 1.98. The summed E-state index contributed by atoms with van der Waals surface area (Å²) in [6, 6.07) is 0.452. The number of carbonyl (C=O) groups excluding carboxylic acids is 1. The molecule has 0 aromatic carbocycles. The van der Waals surface area contributed by atoms with Crippen molar-refractivity contribution in [3.8, 4) is 0 Å². The van der Waals surface area contributed by atoms with Crippen molar-refractivity contribution >= 4 is 6.09 Å². The maximum Gasteiger partial charge on any atom is 0.410 e. The van der Waals surface area contributed by atoms with Crippen LogP contribution in [0.2, 0.25) is 0 Å². The smallest absolute Gasteiger partial charge is 0.410 e. The predicted molar refractivity (Wildman–Crippen MR) is 73.2 cm³/mol. The minimum absolute atomic E-state index is 0.0216. The number of rotatable bonds is 1. The van der Waals surface area contributed by atoms with Crippen LogP contribution in [-0.2, 0) is 9.47 Å². The maximum absolute atomic E-state index is 12.0. The Balaban J connectivity index is 1.84. The fraction of sp³-hybridized carbons (Fsp3) is 0.929. The maximum atomic E-state index is 12.0. The van der Waals surface area contributed by atoms with Gasteiger partial charge < -0.3 is 19.7 Å². The van der Waals surface area contributed by atoms with Crippen molar-refractivity contribution in [1.82, 2.24) is 10.2 Å². The lowest BCUT2D eigenvalue weighted by molar-refractivity contribution is -0.0485. The molecule has 5 heteroatoms. The molecule has 2 aliphatic rings. The van der Waals surface area contributed by atoms with Gasteiger partial charge in [0.25, 0.3) is 0 Å². The second kappa shape index (κ2) is 5.29. The molecule has 0 aromatic rings. The number of likely N-dealkylation sites (tertiary alicyclic amines) is 1. The van der Waals surface area contributed by atoms with Gasteiger partial charge in [0.15, 0.2) is 0 Å². The Hall–Kier alpha value is -0.810. The van der Waals surface area contributed by atoms with Crippen molar-refractivity contribution in [3.05, 3.63) is 0 Å². The number of likely N-dealkylation sites (N-methyl/N-ethyl adjacent to an activating group) is 1. The summed E-state index contributed by atoms with van der Waals surface area (Å²) in [5.41, 5.74) is -0.445. The van der Waals surface area contributed by atoms with E-state index < -0.39 is 5.60 Å². The Morgan fingerprint density at radius 1 is 1.37 bits per heavy atom. The highest BCUT2D eigenvalue weighted by molar-refractivity contribution is 5.68. The third-order valence-corrected chi connectivity index (χ3v) is 3.94. The lowest BCUT2D eigenvalue weighted by Gasteiger charge is -2.39. The van der Waals surface area contributed by atoms with E-state index in [0.717, 1.165) is 39.0 Å². The molecule has 2 rings (SSSR count). The summed E-state index contributed by atoms with van der Waals surface area (Å²) in [5.74, 6) is 0. The molecule has 2 saturated heterocycles. The number of nitrogens with zero attached hydrogens (tertiary/aromatic N) is 1. The van der Waals surface area contributed by atoms with E-state index in [1.165, 1.54) is 0 Å². The van der Waals surface area contributed by atoms with Gasteiger partial charge in [-0.05, 0) is 47.1 Å². The third-order valence-electron chi connectivity index (χ3n) is 3.94. The van der Waals surface area contributed by atoms with E-state index in [9.17, 15) is 4.79 Å². The molecule has 5 nitrogen and oxygen atoms in total. The minimum Gasteiger partial charge on any atom is -0.444 e. The van der Waals surface area contributed by atoms with Gasteiger partial charge in [0.1, 0.15) is 5.60 Å². The van der Waals surface area contributed by atoms with E-state index in [-0.39, 0.29) is 11.7 Å². The fourth-order valence-electron chi connectivity index (χ4n) is 2.80. The molecule has 110 valence electrons. The Bertz CT molecular complexity index is 330. The summed E-state index contributed by atoms with van der Waals surface area (Å²) in [5, 5.41) is 3.27. The number of hydrogen-bond acceptors (Lipinski definition) is 4. The standard InChI is InChI=1S/C14H26N2O3/c1-13(2,3)19-12(17)16-7-5-14(6-8-16)9-11(15-4)10-18-14/h11,15H,5-10H2,1-4H3/t11-/m1/s1. The van der Waals surface area contributed by atoms with Crippen LogP contribution < -0.4 is 5.32 Å². The zero-order chi connectivity index (χ0) is 14.1. The monoisotopic (exact) mass is 270 g/mol. The van der Waals surface area contributed by atoms with E-state index >= 15 is 0 Å². The summed E-state index contributed by atoms with van der Waals surface area (Å²) in [4.78, 5) is 13.8. The number of hydrogen-bond donors (Lipinski definition) is 1. The molecule has 2 aliphatic heterocycles. The number of carbonyl (C=O) groups is 1. The van der Waals surface area contributed by atoms with Crippen LogP contribution in [0.1, 0.15) is 40.0 Å². The number of ether oxygens (including phenoxy) is 2. The molecule has 1 amide bonds. The summed E-state index contributed by atoms with van der Waals surface area (Å²) < 4.78 is 11.4. The van der Waals surface area contributed by atoms with E-state index in [1.54, 1.807) is 4.90 Å². The van der Waals surface area contributed by atoms with Gasteiger partial charge in [0.2, 0.25) is 0 Å². The molecule has 1 N–H and O–H groups in total. The first-order valence-corrected chi connectivity index (χ1v) is 7.13. The van der Waals surface area contributed by atoms with Crippen LogP contribution in [0.5, 0.6) is 0 Å². The molecule has 0 aliphatic carbocycles. The molecule has 1 spiro atoms. The Morgan fingerprint density at radius 3 is 2.47 bits per heavy atom. The second-order valence-corrected chi connectivity index (χ2v) is 6.65. The normalized spacial score (nSPS) is 26.7. The van der Waals surface area contributed by atoms with E-state index in [4.69, 9.17) is 9.47 Å². The Morgan fingerprint density at radius 2 is 2.00 bits per heavy atom. The van der Waals surface area contributed by atoms with Crippen LogP contribution in [0.15, 0.2) is 0 Å². The van der Waals surface area contributed by atoms with Gasteiger partial charge in [-0.15, -0.1) is 0 Å². The average molecular weight is 270 g/mol. The third kappa shape index (κ3) is 3.60. The number of amides is 1. The topological polar surface area (TPSA) is 50.8 Å². The van der Waals surface area contributed by atoms with Crippen LogP contribution in [0.4, 0.5) is 4.79 Å². The minimum atomic E-state index is -0.423. The van der Waals surface area contributed by atoms with Gasteiger partial charge in [-0.2, -0.15) is 0 Å². The van der Waals surface area contributed by atoms with E-state index in [0.29, 0.717) is 6.04 Å². The zero-order valence-electron chi connectivity index (χ0n) is 12.5. The first-order valence-electron chi connectivity index (χ1n) is 7.13. The van der Waals surface area contributed by atoms with E-state index in [1.807, 2.05) is 27.8 Å². The highest BCUT2D eigenvalue weighted by Gasteiger charge is 2.43. The highest BCUT2D eigenvalue weighted by Crippen LogP contribution is 2.36. The van der Waals surface area contributed by atoms with Crippen molar-refractivity contribution in [2.75, 3.05) is 26.7 Å². The SMILES string of the molecule is CN[C@H]1COC2(CCN(C(=O)OC(C)(C)C)CC2)C1. The van der Waals surface area contributed by atoms with Crippen LogP contribution in [0.3, 0.4) is 0 Å². The molecule has 0 unspecified atom stereocenters. The Labute approximate surface area is 115 Å². The van der Waals surface area contributed by atoms with Gasteiger partial charge in [-0.25, -0.2) is 4.79 Å². The molecule has 1 atom stereocenters. The van der Waals surface area contributed by atoms with Crippen molar-refractivity contribution in [3.63, 3.8) is 0 Å². The van der Waals surface area contributed by atoms with Crippen molar-refractivity contribution in [1.29, 1.82) is 0 Å². The molecule has 19 heavy (non-hydrogen) atoms. The van der Waals surface area contributed by atoms with E-state index in [2.05, 4.69) is 5.32 Å². The summed E-state index contributed by atoms with van der Waals surface area (Å²) in [6.07, 6.45) is 2.66. The van der Waals surface area contributed by atoms with Crippen LogP contribution in [-0.4, -0.2) is 55.0 Å². The van der Waals surface area contributed by atoms with Crippen LogP contribution >= 0.6 is 0 Å². The zero-order valence-corrected chi connectivity index (χ0v) is 12.5. The first-order chi connectivity index (χ1) is 8.84. The lowest BCUT2D eigenvalue weighted by atomic mass is 9.87. The van der Waals surface area contributed by atoms with Gasteiger partial charge in [0.05, 0.1) is 12.2 Å². The Kier molecular flexibility index (Phi) is 4.06. The molecule has 0 saturated carbocycles. The highest BCUT2D eigenvalue weighted by atomic mass is 16.6. The van der Waals surface area contributed by atoms with Gasteiger partial charge in [-0.3, -0.25) is 0 Å². The molecule has 0 bridgehead atoms. The van der Waals surface area contributed by atoms with Crippen LogP contribution in [0, 0.1) is 0 Å². The molecule has 0 aromatic heterocycles. The summed E-state index contributed by atoms with van der Waals surface area (Å²) in [6.45, 7) is 7.93.